The molecular formula is C10H16N2O4. The summed E-state index contributed by atoms with van der Waals surface area (Å²) in [6.07, 6.45) is 0. The van der Waals surface area contributed by atoms with Crippen molar-refractivity contribution in [1.82, 2.24) is 0 Å². The fourth-order valence-corrected chi connectivity index (χ4v) is 3.92. The molecule has 16 heavy (non-hydrogen) atoms. The number of hydrogen-bond donors (Lipinski definition) is 0. The third-order valence-electron chi connectivity index (χ3n) is 5.30. The van der Waals surface area contributed by atoms with Crippen LogP contribution in [-0.2, 0) is 0 Å². The predicted octanol–water partition coefficient (Wildman–Crippen LogP) is 1.59. The zero-order valence-electron chi connectivity index (χ0n) is 9.84. The van der Waals surface area contributed by atoms with Crippen LogP contribution in [0.4, 0.5) is 0 Å². The third-order valence-corrected chi connectivity index (χ3v) is 5.30. The van der Waals surface area contributed by atoms with Gasteiger partial charge in [0.2, 0.25) is 0 Å². The molecule has 0 aromatic rings. The lowest BCUT2D eigenvalue weighted by Crippen LogP contribution is -2.49. The molecule has 0 heterocycles. The summed E-state index contributed by atoms with van der Waals surface area (Å²) in [7, 11) is 0. The lowest BCUT2D eigenvalue weighted by molar-refractivity contribution is -0.652. The van der Waals surface area contributed by atoms with Crippen LogP contribution < -0.4 is 0 Å². The van der Waals surface area contributed by atoms with Crippen molar-refractivity contribution >= 4 is 0 Å². The van der Waals surface area contributed by atoms with Gasteiger partial charge >= 0.3 is 0 Å². The first-order chi connectivity index (χ1) is 7.27. The lowest BCUT2D eigenvalue weighted by Gasteiger charge is -2.15. The minimum absolute atomic E-state index is 0.208. The highest BCUT2D eigenvalue weighted by Gasteiger charge is 2.97. The van der Waals surface area contributed by atoms with Crippen molar-refractivity contribution in [3.8, 4) is 0 Å². The molecule has 2 fully saturated rings. The van der Waals surface area contributed by atoms with Crippen molar-refractivity contribution in [3.63, 3.8) is 0 Å². The van der Waals surface area contributed by atoms with Gasteiger partial charge in [-0.25, -0.2) is 0 Å². The molecule has 0 aromatic carbocycles. The fraction of sp³-hybridized carbons (Fsp3) is 1.00. The van der Waals surface area contributed by atoms with E-state index in [2.05, 4.69) is 0 Å². The van der Waals surface area contributed by atoms with Crippen LogP contribution in [0.5, 0.6) is 0 Å². The van der Waals surface area contributed by atoms with Crippen LogP contribution in [0.1, 0.15) is 27.7 Å². The van der Waals surface area contributed by atoms with E-state index in [0.29, 0.717) is 0 Å². The fourth-order valence-electron chi connectivity index (χ4n) is 3.92. The maximum Gasteiger partial charge on any atom is 0.297 e. The summed E-state index contributed by atoms with van der Waals surface area (Å²) >= 11 is 0. The molecule has 0 spiro atoms. The van der Waals surface area contributed by atoms with Gasteiger partial charge in [-0.05, 0) is 0 Å². The molecule has 0 N–H and O–H groups in total. The largest absolute Gasteiger partial charge is 0.297 e. The topological polar surface area (TPSA) is 86.3 Å². The van der Waals surface area contributed by atoms with Gasteiger partial charge in [0, 0.05) is 33.5 Å². The summed E-state index contributed by atoms with van der Waals surface area (Å²) in [5.41, 5.74) is -2.68. The Kier molecular flexibility index (Phi) is 1.92. The van der Waals surface area contributed by atoms with E-state index in [9.17, 15) is 20.2 Å². The second kappa shape index (κ2) is 2.73. The molecule has 2 aliphatic rings. The van der Waals surface area contributed by atoms with Gasteiger partial charge in [-0.3, -0.25) is 20.2 Å². The van der Waals surface area contributed by atoms with Gasteiger partial charge in [0.15, 0.2) is 0 Å². The molecule has 2 aliphatic carbocycles. The molecule has 6 nitrogen and oxygen atoms in total. The standard InChI is InChI=1S/C10H16N2O4/c1-5-6(2)9(5,11(13)14)10(12(15)16)7(3)8(10)4/h5-8H,1-4H3. The maximum absolute atomic E-state index is 11.3. The van der Waals surface area contributed by atoms with Crippen molar-refractivity contribution in [2.45, 2.75) is 38.8 Å². The number of nitro groups is 2. The van der Waals surface area contributed by atoms with Crippen LogP contribution >= 0.6 is 0 Å². The van der Waals surface area contributed by atoms with E-state index in [1.165, 1.54) is 0 Å². The average molecular weight is 228 g/mol. The van der Waals surface area contributed by atoms with Crippen LogP contribution in [0.15, 0.2) is 0 Å². The second-order valence-corrected chi connectivity index (χ2v) is 5.32. The van der Waals surface area contributed by atoms with Gasteiger partial charge in [0.1, 0.15) is 0 Å². The van der Waals surface area contributed by atoms with Crippen LogP contribution in [0.2, 0.25) is 0 Å². The molecule has 0 bridgehead atoms. The zero-order chi connectivity index (χ0) is 12.5. The Bertz CT molecular complexity index is 329. The maximum atomic E-state index is 11.3. The highest BCUT2D eigenvalue weighted by Crippen LogP contribution is 2.72. The summed E-state index contributed by atoms with van der Waals surface area (Å²) in [4.78, 5) is 21.8. The van der Waals surface area contributed by atoms with E-state index in [4.69, 9.17) is 0 Å². The second-order valence-electron chi connectivity index (χ2n) is 5.32. The SMILES string of the molecule is CC1C(C)C1([N+](=O)[O-])C1([N+](=O)[O-])C(C)C1C. The van der Waals surface area contributed by atoms with Crippen LogP contribution in [0.25, 0.3) is 0 Å². The quantitative estimate of drug-likeness (QED) is 0.542. The summed E-state index contributed by atoms with van der Waals surface area (Å²) in [5.74, 6) is -0.832. The van der Waals surface area contributed by atoms with Crippen molar-refractivity contribution in [2.24, 2.45) is 23.7 Å². The highest BCUT2D eigenvalue weighted by molar-refractivity contribution is 5.30. The van der Waals surface area contributed by atoms with Gasteiger partial charge in [-0.15, -0.1) is 0 Å². The summed E-state index contributed by atoms with van der Waals surface area (Å²) in [5, 5.41) is 22.6. The predicted molar refractivity (Wildman–Crippen MR) is 56.1 cm³/mol. The Balaban J connectivity index is 2.51. The van der Waals surface area contributed by atoms with Crippen molar-refractivity contribution < 1.29 is 9.85 Å². The minimum atomic E-state index is -1.34. The Morgan fingerprint density at radius 3 is 1.00 bits per heavy atom. The first-order valence-electron chi connectivity index (χ1n) is 5.56. The molecule has 90 valence electrons. The van der Waals surface area contributed by atoms with Crippen molar-refractivity contribution in [3.05, 3.63) is 20.2 Å². The molecular weight excluding hydrogens is 212 g/mol. The van der Waals surface area contributed by atoms with E-state index in [-0.39, 0.29) is 23.7 Å². The highest BCUT2D eigenvalue weighted by atomic mass is 16.7. The minimum Gasteiger partial charge on any atom is -0.264 e. The molecule has 0 amide bonds. The van der Waals surface area contributed by atoms with Crippen molar-refractivity contribution in [1.29, 1.82) is 0 Å². The summed E-state index contributed by atoms with van der Waals surface area (Å²) in [6.45, 7) is 6.99. The summed E-state index contributed by atoms with van der Waals surface area (Å²) in [6, 6.07) is 0. The van der Waals surface area contributed by atoms with E-state index in [1.54, 1.807) is 27.7 Å². The Labute approximate surface area is 93.3 Å². The zero-order valence-corrected chi connectivity index (χ0v) is 9.84. The molecule has 2 saturated carbocycles. The normalized spacial score (nSPS) is 54.5. The van der Waals surface area contributed by atoms with Gasteiger partial charge < -0.3 is 0 Å². The number of hydrogen-bond acceptors (Lipinski definition) is 4. The van der Waals surface area contributed by atoms with Crippen molar-refractivity contribution in [2.75, 3.05) is 0 Å². The van der Waals surface area contributed by atoms with E-state index >= 15 is 0 Å². The van der Waals surface area contributed by atoms with E-state index in [1.807, 2.05) is 0 Å². The van der Waals surface area contributed by atoms with Crippen LogP contribution in [-0.4, -0.2) is 20.9 Å². The monoisotopic (exact) mass is 228 g/mol. The number of nitrogens with zero attached hydrogens (tertiary/aromatic N) is 2. The Morgan fingerprint density at radius 2 is 0.938 bits per heavy atom. The molecule has 6 heteroatoms. The molecule has 2 rings (SSSR count). The van der Waals surface area contributed by atoms with E-state index < -0.39 is 20.9 Å². The molecule has 4 unspecified atom stereocenters. The Hall–Kier alpha value is -1.20. The summed E-state index contributed by atoms with van der Waals surface area (Å²) < 4.78 is 0. The van der Waals surface area contributed by atoms with Crippen LogP contribution in [0.3, 0.4) is 0 Å². The van der Waals surface area contributed by atoms with Gasteiger partial charge in [0.05, 0.1) is 0 Å². The van der Waals surface area contributed by atoms with Gasteiger partial charge in [-0.2, -0.15) is 0 Å². The first-order valence-corrected chi connectivity index (χ1v) is 5.56. The molecule has 0 radical (unpaired) electrons. The van der Waals surface area contributed by atoms with Gasteiger partial charge in [-0.1, -0.05) is 27.7 Å². The smallest absolute Gasteiger partial charge is 0.264 e. The number of rotatable bonds is 3. The first kappa shape index (κ1) is 11.3. The molecule has 0 saturated heterocycles. The molecule has 4 atom stereocenters. The Morgan fingerprint density at radius 1 is 0.750 bits per heavy atom. The van der Waals surface area contributed by atoms with Crippen LogP contribution in [0, 0.1) is 43.9 Å². The third kappa shape index (κ3) is 0.780. The average Bonchev–Trinajstić information content (AvgIpc) is 2.92. The lowest BCUT2D eigenvalue weighted by atomic mass is 9.97. The molecule has 0 aromatic heterocycles. The van der Waals surface area contributed by atoms with Gasteiger partial charge in [0.25, 0.3) is 11.1 Å². The van der Waals surface area contributed by atoms with E-state index in [0.717, 1.165) is 0 Å². The molecule has 0 aliphatic heterocycles.